The van der Waals surface area contributed by atoms with Gasteiger partial charge in [0, 0.05) is 16.5 Å². The van der Waals surface area contributed by atoms with Crippen LogP contribution in [0.1, 0.15) is 0 Å². The SMILES string of the molecule is Oc1cccc(-c2nc(-c3ccc(F)cc3Cl)cs2)c1. The number of benzene rings is 2. The zero-order valence-corrected chi connectivity index (χ0v) is 11.7. The second-order valence-corrected chi connectivity index (χ2v) is 5.48. The lowest BCUT2D eigenvalue weighted by Gasteiger charge is -2.00. The van der Waals surface area contributed by atoms with Gasteiger partial charge in [0.05, 0.1) is 10.7 Å². The minimum Gasteiger partial charge on any atom is -0.508 e. The van der Waals surface area contributed by atoms with Crippen molar-refractivity contribution >= 4 is 22.9 Å². The summed E-state index contributed by atoms with van der Waals surface area (Å²) in [6, 6.07) is 11.1. The first kappa shape index (κ1) is 13.1. The fourth-order valence-corrected chi connectivity index (χ4v) is 2.95. The van der Waals surface area contributed by atoms with Crippen LogP contribution in [-0.2, 0) is 0 Å². The lowest BCUT2D eigenvalue weighted by Crippen LogP contribution is -1.83. The van der Waals surface area contributed by atoms with E-state index in [4.69, 9.17) is 11.6 Å². The van der Waals surface area contributed by atoms with Crippen molar-refractivity contribution < 1.29 is 9.50 Å². The summed E-state index contributed by atoms with van der Waals surface area (Å²) < 4.78 is 13.0. The van der Waals surface area contributed by atoms with Gasteiger partial charge in [0.15, 0.2) is 0 Å². The van der Waals surface area contributed by atoms with Gasteiger partial charge in [-0.15, -0.1) is 11.3 Å². The number of hydrogen-bond donors (Lipinski definition) is 1. The molecule has 3 aromatic rings. The number of hydrogen-bond acceptors (Lipinski definition) is 3. The van der Waals surface area contributed by atoms with Crippen LogP contribution in [0.5, 0.6) is 5.75 Å². The third kappa shape index (κ3) is 2.53. The van der Waals surface area contributed by atoms with Crippen molar-refractivity contribution in [3.8, 4) is 27.6 Å². The van der Waals surface area contributed by atoms with Crippen LogP contribution in [0.3, 0.4) is 0 Å². The van der Waals surface area contributed by atoms with Gasteiger partial charge < -0.3 is 5.11 Å². The Labute approximate surface area is 124 Å². The normalized spacial score (nSPS) is 10.7. The van der Waals surface area contributed by atoms with Crippen molar-refractivity contribution in [2.75, 3.05) is 0 Å². The summed E-state index contributed by atoms with van der Waals surface area (Å²) in [4.78, 5) is 4.48. The Morgan fingerprint density at radius 2 is 2.00 bits per heavy atom. The average molecular weight is 306 g/mol. The van der Waals surface area contributed by atoms with Crippen LogP contribution >= 0.6 is 22.9 Å². The monoisotopic (exact) mass is 305 g/mol. The molecule has 0 fully saturated rings. The Morgan fingerprint density at radius 1 is 1.15 bits per heavy atom. The number of thiazole rings is 1. The molecule has 0 spiro atoms. The van der Waals surface area contributed by atoms with E-state index in [1.165, 1.54) is 23.5 Å². The summed E-state index contributed by atoms with van der Waals surface area (Å²) in [6.45, 7) is 0. The van der Waals surface area contributed by atoms with Crippen LogP contribution < -0.4 is 0 Å². The van der Waals surface area contributed by atoms with E-state index in [0.717, 1.165) is 10.6 Å². The maximum atomic E-state index is 13.0. The van der Waals surface area contributed by atoms with E-state index >= 15 is 0 Å². The van der Waals surface area contributed by atoms with E-state index in [9.17, 15) is 9.50 Å². The Bertz CT molecular complexity index is 772. The second-order valence-electron chi connectivity index (χ2n) is 4.21. The fourth-order valence-electron chi connectivity index (χ4n) is 1.87. The second kappa shape index (κ2) is 5.23. The maximum Gasteiger partial charge on any atom is 0.124 e. The molecule has 0 atom stereocenters. The largest absolute Gasteiger partial charge is 0.508 e. The highest BCUT2D eigenvalue weighted by molar-refractivity contribution is 7.13. The summed E-state index contributed by atoms with van der Waals surface area (Å²) >= 11 is 7.47. The van der Waals surface area contributed by atoms with Gasteiger partial charge >= 0.3 is 0 Å². The van der Waals surface area contributed by atoms with Gasteiger partial charge in [-0.3, -0.25) is 0 Å². The topological polar surface area (TPSA) is 33.1 Å². The first-order valence-corrected chi connectivity index (χ1v) is 7.09. The van der Waals surface area contributed by atoms with E-state index in [0.29, 0.717) is 16.3 Å². The third-order valence-electron chi connectivity index (χ3n) is 2.80. The highest BCUT2D eigenvalue weighted by Gasteiger charge is 2.10. The summed E-state index contributed by atoms with van der Waals surface area (Å²) in [5.74, 6) is -0.179. The van der Waals surface area contributed by atoms with Crippen LogP contribution in [0.15, 0.2) is 47.8 Å². The number of aromatic hydroxyl groups is 1. The average Bonchev–Trinajstić information content (AvgIpc) is 2.88. The Morgan fingerprint density at radius 3 is 2.75 bits per heavy atom. The lowest BCUT2D eigenvalue weighted by atomic mass is 10.1. The van der Waals surface area contributed by atoms with Gasteiger partial charge in [0.2, 0.25) is 0 Å². The number of aromatic nitrogens is 1. The van der Waals surface area contributed by atoms with Crippen LogP contribution in [0.25, 0.3) is 21.8 Å². The smallest absolute Gasteiger partial charge is 0.124 e. The minimum absolute atomic E-state index is 0.194. The van der Waals surface area contributed by atoms with E-state index < -0.39 is 0 Å². The quantitative estimate of drug-likeness (QED) is 0.724. The zero-order valence-electron chi connectivity index (χ0n) is 10.2. The zero-order chi connectivity index (χ0) is 14.1. The van der Waals surface area contributed by atoms with Crippen LogP contribution in [-0.4, -0.2) is 10.1 Å². The minimum atomic E-state index is -0.373. The molecule has 0 aliphatic carbocycles. The van der Waals surface area contributed by atoms with E-state index in [2.05, 4.69) is 4.98 Å². The molecule has 1 aromatic heterocycles. The predicted octanol–water partition coefficient (Wildman–Crippen LogP) is 4.98. The van der Waals surface area contributed by atoms with E-state index in [1.807, 2.05) is 11.4 Å². The molecule has 0 aliphatic rings. The molecule has 0 saturated heterocycles. The molecule has 3 rings (SSSR count). The summed E-state index contributed by atoms with van der Waals surface area (Å²) in [5, 5.41) is 12.5. The van der Waals surface area contributed by atoms with Crippen LogP contribution in [0.4, 0.5) is 4.39 Å². The molecule has 1 N–H and O–H groups in total. The van der Waals surface area contributed by atoms with Crippen molar-refractivity contribution in [1.29, 1.82) is 0 Å². The molecule has 0 bridgehead atoms. The van der Waals surface area contributed by atoms with Crippen LogP contribution in [0, 0.1) is 5.82 Å². The van der Waals surface area contributed by atoms with E-state index in [-0.39, 0.29) is 11.6 Å². The maximum absolute atomic E-state index is 13.0. The van der Waals surface area contributed by atoms with Gasteiger partial charge in [0.25, 0.3) is 0 Å². The number of rotatable bonds is 2. The van der Waals surface area contributed by atoms with Gasteiger partial charge in [-0.2, -0.15) is 0 Å². The molecule has 0 radical (unpaired) electrons. The van der Waals surface area contributed by atoms with Gasteiger partial charge in [0.1, 0.15) is 16.6 Å². The van der Waals surface area contributed by atoms with Gasteiger partial charge in [-0.25, -0.2) is 9.37 Å². The first-order valence-electron chi connectivity index (χ1n) is 5.84. The molecule has 0 amide bonds. The number of phenols is 1. The molecule has 2 nitrogen and oxygen atoms in total. The van der Waals surface area contributed by atoms with Crippen molar-refractivity contribution in [3.63, 3.8) is 0 Å². The summed E-state index contributed by atoms with van der Waals surface area (Å²) in [6.07, 6.45) is 0. The molecule has 0 unspecified atom stereocenters. The molecule has 0 aliphatic heterocycles. The third-order valence-corrected chi connectivity index (χ3v) is 4.01. The van der Waals surface area contributed by atoms with Gasteiger partial charge in [-0.1, -0.05) is 23.7 Å². The lowest BCUT2D eigenvalue weighted by molar-refractivity contribution is 0.475. The molecule has 2 aromatic carbocycles. The Balaban J connectivity index is 2.02. The Kier molecular flexibility index (Phi) is 3.42. The highest BCUT2D eigenvalue weighted by atomic mass is 35.5. The van der Waals surface area contributed by atoms with Crippen molar-refractivity contribution in [3.05, 3.63) is 58.7 Å². The van der Waals surface area contributed by atoms with Crippen molar-refractivity contribution in [2.45, 2.75) is 0 Å². The summed E-state index contributed by atoms with van der Waals surface area (Å²) in [5.41, 5.74) is 2.22. The Hall–Kier alpha value is -1.91. The van der Waals surface area contributed by atoms with Crippen molar-refractivity contribution in [2.24, 2.45) is 0 Å². The van der Waals surface area contributed by atoms with Crippen LogP contribution in [0.2, 0.25) is 5.02 Å². The van der Waals surface area contributed by atoms with Gasteiger partial charge in [-0.05, 0) is 30.3 Å². The molecule has 5 heteroatoms. The molecular formula is C15H9ClFNOS. The number of phenolic OH excluding ortho intramolecular Hbond substituents is 1. The molecule has 0 saturated carbocycles. The van der Waals surface area contributed by atoms with Crippen molar-refractivity contribution in [1.82, 2.24) is 4.98 Å². The molecule has 1 heterocycles. The predicted molar refractivity (Wildman–Crippen MR) is 79.6 cm³/mol. The standard InChI is InChI=1S/C15H9ClFNOS/c16-13-7-10(17)4-5-12(13)14-8-20-15(18-14)9-2-1-3-11(19)6-9/h1-8,19H. The van der Waals surface area contributed by atoms with E-state index in [1.54, 1.807) is 24.3 Å². The fraction of sp³-hybridized carbons (Fsp3) is 0. The molecular weight excluding hydrogens is 297 g/mol. The summed E-state index contributed by atoms with van der Waals surface area (Å²) in [7, 11) is 0. The number of nitrogens with zero attached hydrogens (tertiary/aromatic N) is 1. The first-order chi connectivity index (χ1) is 9.63. The molecule has 100 valence electrons. The molecule has 20 heavy (non-hydrogen) atoms. The number of halogens is 2. The highest BCUT2D eigenvalue weighted by Crippen LogP contribution is 2.33.